The minimum absolute atomic E-state index is 0.572. The highest BCUT2D eigenvalue weighted by Gasteiger charge is 2.14. The van der Waals surface area contributed by atoms with Gasteiger partial charge >= 0.3 is 0 Å². The fourth-order valence-electron chi connectivity index (χ4n) is 2.99. The standard InChI is InChI=1S/C16H24N4.C5H6S/c1-4-12(7-8-20(2)3)15-10-18-16-6-5-13(19-11-17)9-14(15)16;1-5-3-2-4-6-5/h5-6,9-12,18H,4,7-8H2,1-3H3,(H2,17,19);2-4H,1H3. The van der Waals surface area contributed by atoms with Crippen LogP contribution in [-0.2, 0) is 0 Å². The second-order valence-corrected chi connectivity index (χ2v) is 7.82. The van der Waals surface area contributed by atoms with E-state index in [-0.39, 0.29) is 0 Å². The first kappa shape index (κ1) is 20.2. The van der Waals surface area contributed by atoms with Gasteiger partial charge < -0.3 is 15.6 Å². The first-order valence-corrected chi connectivity index (χ1v) is 9.93. The van der Waals surface area contributed by atoms with Crippen LogP contribution in [0.15, 0.2) is 46.9 Å². The summed E-state index contributed by atoms with van der Waals surface area (Å²) in [5.74, 6) is 0.572. The molecule has 2 heterocycles. The number of aliphatic imine (C=N–C) groups is 1. The van der Waals surface area contributed by atoms with Gasteiger partial charge in [-0.2, -0.15) is 0 Å². The summed E-state index contributed by atoms with van der Waals surface area (Å²) in [6.45, 7) is 5.46. The number of aromatic nitrogens is 1. The summed E-state index contributed by atoms with van der Waals surface area (Å²) < 4.78 is 0. The molecule has 0 aliphatic carbocycles. The van der Waals surface area contributed by atoms with Crippen molar-refractivity contribution in [2.24, 2.45) is 10.7 Å². The van der Waals surface area contributed by atoms with E-state index in [4.69, 9.17) is 5.73 Å². The van der Waals surface area contributed by atoms with E-state index in [0.717, 1.165) is 18.7 Å². The van der Waals surface area contributed by atoms with Crippen LogP contribution in [0.4, 0.5) is 5.69 Å². The molecule has 5 heteroatoms. The van der Waals surface area contributed by atoms with Crippen LogP contribution in [0.3, 0.4) is 0 Å². The third-order valence-corrected chi connectivity index (χ3v) is 5.24. The minimum atomic E-state index is 0.572. The fraction of sp³-hybridized carbons (Fsp3) is 0.381. The van der Waals surface area contributed by atoms with Crippen LogP contribution < -0.4 is 5.73 Å². The van der Waals surface area contributed by atoms with E-state index in [0.29, 0.717) is 5.92 Å². The van der Waals surface area contributed by atoms with E-state index in [9.17, 15) is 0 Å². The van der Waals surface area contributed by atoms with Gasteiger partial charge in [-0.05, 0) is 81.5 Å². The molecule has 0 spiro atoms. The lowest BCUT2D eigenvalue weighted by molar-refractivity contribution is 0.378. The molecule has 0 amide bonds. The molecule has 3 N–H and O–H groups in total. The zero-order chi connectivity index (χ0) is 18.9. The highest BCUT2D eigenvalue weighted by Crippen LogP contribution is 2.32. The zero-order valence-electron chi connectivity index (χ0n) is 16.2. The maximum absolute atomic E-state index is 5.38. The molecule has 0 bridgehead atoms. The van der Waals surface area contributed by atoms with Crippen molar-refractivity contribution in [2.45, 2.75) is 32.6 Å². The molecule has 1 unspecified atom stereocenters. The number of nitrogens with zero attached hydrogens (tertiary/aromatic N) is 2. The molecule has 2 aromatic heterocycles. The number of thiophene rings is 1. The van der Waals surface area contributed by atoms with Crippen LogP contribution >= 0.6 is 11.3 Å². The number of hydrogen-bond donors (Lipinski definition) is 2. The Labute approximate surface area is 160 Å². The van der Waals surface area contributed by atoms with Crippen LogP contribution in [0.2, 0.25) is 0 Å². The third kappa shape index (κ3) is 5.71. The summed E-state index contributed by atoms with van der Waals surface area (Å²) >= 11 is 1.78. The van der Waals surface area contributed by atoms with Crippen LogP contribution in [0, 0.1) is 6.92 Å². The van der Waals surface area contributed by atoms with Crippen molar-refractivity contribution in [3.8, 4) is 0 Å². The second kappa shape index (κ2) is 10.1. The SMILES string of the molecule is CCC(CCN(C)C)c1c[nH]c2ccc(N=CN)cc12.Cc1cccs1. The van der Waals surface area contributed by atoms with E-state index in [1.54, 1.807) is 11.3 Å². The van der Waals surface area contributed by atoms with Crippen molar-refractivity contribution in [1.29, 1.82) is 0 Å². The molecule has 4 nitrogen and oxygen atoms in total. The second-order valence-electron chi connectivity index (χ2n) is 6.67. The Hall–Kier alpha value is -2.11. The highest BCUT2D eigenvalue weighted by molar-refractivity contribution is 7.09. The number of aryl methyl sites for hydroxylation is 1. The topological polar surface area (TPSA) is 57.4 Å². The molecule has 1 aromatic carbocycles. The maximum atomic E-state index is 5.38. The van der Waals surface area contributed by atoms with Gasteiger partial charge in [0.2, 0.25) is 0 Å². The van der Waals surface area contributed by atoms with Crippen molar-refractivity contribution in [1.82, 2.24) is 9.88 Å². The fourth-order valence-corrected chi connectivity index (χ4v) is 3.52. The van der Waals surface area contributed by atoms with Crippen molar-refractivity contribution in [2.75, 3.05) is 20.6 Å². The lowest BCUT2D eigenvalue weighted by Gasteiger charge is -2.17. The van der Waals surface area contributed by atoms with Gasteiger partial charge in [-0.3, -0.25) is 0 Å². The Bertz CT molecular complexity index is 803. The highest BCUT2D eigenvalue weighted by atomic mass is 32.1. The van der Waals surface area contributed by atoms with Gasteiger partial charge in [0, 0.05) is 22.0 Å². The lowest BCUT2D eigenvalue weighted by atomic mass is 9.92. The van der Waals surface area contributed by atoms with Crippen LogP contribution in [0.5, 0.6) is 0 Å². The molecule has 0 fully saturated rings. The Balaban J connectivity index is 0.000000342. The van der Waals surface area contributed by atoms with Crippen LogP contribution in [0.1, 0.15) is 36.1 Å². The molecule has 3 rings (SSSR count). The van der Waals surface area contributed by atoms with Gasteiger partial charge in [-0.25, -0.2) is 4.99 Å². The Morgan fingerprint density at radius 3 is 2.65 bits per heavy atom. The van der Waals surface area contributed by atoms with Gasteiger partial charge in [0.15, 0.2) is 0 Å². The number of benzene rings is 1. The van der Waals surface area contributed by atoms with E-state index < -0.39 is 0 Å². The van der Waals surface area contributed by atoms with Crippen molar-refractivity contribution in [3.63, 3.8) is 0 Å². The monoisotopic (exact) mass is 370 g/mol. The van der Waals surface area contributed by atoms with Crippen molar-refractivity contribution >= 4 is 34.3 Å². The zero-order valence-corrected chi connectivity index (χ0v) is 17.0. The predicted molar refractivity (Wildman–Crippen MR) is 116 cm³/mol. The van der Waals surface area contributed by atoms with Gasteiger partial charge in [0.25, 0.3) is 0 Å². The summed E-state index contributed by atoms with van der Waals surface area (Å²) in [5.41, 5.74) is 8.84. The number of nitrogens with one attached hydrogen (secondary N) is 1. The molecule has 140 valence electrons. The summed E-state index contributed by atoms with van der Waals surface area (Å²) in [6.07, 6.45) is 5.80. The van der Waals surface area contributed by atoms with Crippen molar-refractivity contribution in [3.05, 3.63) is 52.3 Å². The number of rotatable bonds is 6. The molecule has 0 aliphatic heterocycles. The number of aromatic amines is 1. The minimum Gasteiger partial charge on any atom is -0.390 e. The first-order chi connectivity index (χ1) is 12.5. The summed E-state index contributed by atoms with van der Waals surface area (Å²) in [7, 11) is 4.24. The van der Waals surface area contributed by atoms with Gasteiger partial charge in [0.1, 0.15) is 0 Å². The molecule has 0 radical (unpaired) electrons. The number of nitrogens with two attached hydrogens (primary N) is 1. The van der Waals surface area contributed by atoms with E-state index >= 15 is 0 Å². The molecular formula is C21H30N4S. The molecule has 0 aliphatic rings. The molecule has 3 aromatic rings. The largest absolute Gasteiger partial charge is 0.390 e. The lowest BCUT2D eigenvalue weighted by Crippen LogP contribution is -2.15. The maximum Gasteiger partial charge on any atom is 0.0860 e. The van der Waals surface area contributed by atoms with Gasteiger partial charge in [-0.1, -0.05) is 13.0 Å². The molecule has 0 saturated heterocycles. The van der Waals surface area contributed by atoms with E-state index in [2.05, 4.69) is 78.7 Å². The molecular weight excluding hydrogens is 340 g/mol. The van der Waals surface area contributed by atoms with Crippen LogP contribution in [0.25, 0.3) is 10.9 Å². The normalized spacial score (nSPS) is 12.5. The Morgan fingerprint density at radius 1 is 1.31 bits per heavy atom. The van der Waals surface area contributed by atoms with E-state index in [1.807, 2.05) is 6.07 Å². The summed E-state index contributed by atoms with van der Waals surface area (Å²) in [6, 6.07) is 10.3. The number of fused-ring (bicyclic) bond motifs is 1. The first-order valence-electron chi connectivity index (χ1n) is 9.05. The summed E-state index contributed by atoms with van der Waals surface area (Å²) in [4.78, 5) is 11.2. The van der Waals surface area contributed by atoms with Gasteiger partial charge in [-0.15, -0.1) is 11.3 Å². The number of H-pyrrole nitrogens is 1. The van der Waals surface area contributed by atoms with Crippen LogP contribution in [-0.4, -0.2) is 36.9 Å². The predicted octanol–water partition coefficient (Wildman–Crippen LogP) is 5.29. The summed E-state index contributed by atoms with van der Waals surface area (Å²) in [5, 5.41) is 3.34. The average molecular weight is 371 g/mol. The quantitative estimate of drug-likeness (QED) is 0.457. The van der Waals surface area contributed by atoms with E-state index in [1.165, 1.54) is 34.1 Å². The average Bonchev–Trinajstić information content (AvgIpc) is 3.25. The number of hydrogen-bond acceptors (Lipinski definition) is 3. The third-order valence-electron chi connectivity index (χ3n) is 4.44. The molecule has 26 heavy (non-hydrogen) atoms. The Morgan fingerprint density at radius 2 is 2.12 bits per heavy atom. The molecule has 0 saturated carbocycles. The molecule has 1 atom stereocenters. The smallest absolute Gasteiger partial charge is 0.0860 e. The Kier molecular flexibility index (Phi) is 7.88. The van der Waals surface area contributed by atoms with Gasteiger partial charge in [0.05, 0.1) is 12.0 Å². The van der Waals surface area contributed by atoms with Crippen molar-refractivity contribution < 1.29 is 0 Å².